The highest BCUT2D eigenvalue weighted by Gasteiger charge is 2.48. The second kappa shape index (κ2) is 12.8. The summed E-state index contributed by atoms with van der Waals surface area (Å²) < 4.78 is 6.69. The van der Waals surface area contributed by atoms with Gasteiger partial charge in [-0.2, -0.15) is 0 Å². The van der Waals surface area contributed by atoms with Gasteiger partial charge in [0, 0.05) is 22.1 Å². The molecule has 5 rings (SSSR count). The van der Waals surface area contributed by atoms with E-state index in [9.17, 15) is 14.4 Å². The van der Waals surface area contributed by atoms with E-state index < -0.39 is 17.4 Å². The van der Waals surface area contributed by atoms with Gasteiger partial charge < -0.3 is 25.6 Å². The quantitative estimate of drug-likeness (QED) is 0.267. The van der Waals surface area contributed by atoms with E-state index in [2.05, 4.69) is 21.2 Å². The van der Waals surface area contributed by atoms with Crippen LogP contribution >= 0.6 is 28.3 Å². The van der Waals surface area contributed by atoms with E-state index in [0.717, 1.165) is 26.4 Å². The van der Waals surface area contributed by atoms with Gasteiger partial charge in [0.1, 0.15) is 11.3 Å². The molecular formula is C33H34BrClN4O4. The maximum Gasteiger partial charge on any atom is 0.258 e. The van der Waals surface area contributed by atoms with Crippen molar-refractivity contribution in [3.8, 4) is 5.75 Å². The van der Waals surface area contributed by atoms with Crippen LogP contribution in [0, 0.1) is 12.8 Å². The Bertz CT molecular complexity index is 1700. The van der Waals surface area contributed by atoms with Crippen molar-refractivity contribution in [3.05, 3.63) is 100 Å². The van der Waals surface area contributed by atoms with Crippen LogP contribution in [-0.4, -0.2) is 44.0 Å². The molecule has 1 heterocycles. The third-order valence-electron chi connectivity index (χ3n) is 8.25. The van der Waals surface area contributed by atoms with Crippen molar-refractivity contribution in [1.82, 2.24) is 5.32 Å². The molecule has 4 aromatic carbocycles. The van der Waals surface area contributed by atoms with Gasteiger partial charge in [-0.15, -0.1) is 12.4 Å². The summed E-state index contributed by atoms with van der Waals surface area (Å²) in [6, 6.07) is 24.4. The molecule has 0 fully saturated rings. The van der Waals surface area contributed by atoms with Crippen molar-refractivity contribution in [1.29, 1.82) is 0 Å². The summed E-state index contributed by atoms with van der Waals surface area (Å²) in [5.74, 6) is -1.69. The summed E-state index contributed by atoms with van der Waals surface area (Å²) in [6.45, 7) is 3.64. The molecule has 0 saturated carbocycles. The van der Waals surface area contributed by atoms with Crippen molar-refractivity contribution in [2.24, 2.45) is 11.7 Å². The highest BCUT2D eigenvalue weighted by Crippen LogP contribution is 2.40. The standard InChI is InChI=1S/C33H33BrN4O4.ClH/c1-20-9-11-21(12-10-20)30(39)38-19-26(33(2,36-3)32(35)41)31(40)37(27-7-5-6-8-28(27)38)18-25-24-15-14-23(34)17-22(24)13-16-29(25)42-4;/h5-17,26,36H,18-19H2,1-4H3,(H2,35,41);1H/t26-,33?;/m1./s1. The lowest BCUT2D eigenvalue weighted by molar-refractivity contribution is -0.133. The largest absolute Gasteiger partial charge is 0.496 e. The summed E-state index contributed by atoms with van der Waals surface area (Å²) in [6.07, 6.45) is 0. The van der Waals surface area contributed by atoms with E-state index in [1.807, 2.05) is 73.7 Å². The zero-order valence-corrected chi connectivity index (χ0v) is 26.8. The van der Waals surface area contributed by atoms with Gasteiger partial charge >= 0.3 is 0 Å². The van der Waals surface area contributed by atoms with Crippen LogP contribution in [-0.2, 0) is 16.1 Å². The number of benzene rings is 4. The van der Waals surface area contributed by atoms with Crippen LogP contribution < -0.4 is 25.6 Å². The monoisotopic (exact) mass is 664 g/mol. The maximum absolute atomic E-state index is 14.7. The Morgan fingerprint density at radius 3 is 2.35 bits per heavy atom. The molecule has 0 saturated heterocycles. The third-order valence-corrected chi connectivity index (χ3v) is 8.74. The van der Waals surface area contributed by atoms with Gasteiger partial charge in [-0.3, -0.25) is 14.4 Å². The number of hydrogen-bond acceptors (Lipinski definition) is 5. The number of rotatable bonds is 7. The second-order valence-corrected chi connectivity index (χ2v) is 11.6. The zero-order valence-electron chi connectivity index (χ0n) is 24.4. The number of para-hydroxylation sites is 2. The van der Waals surface area contributed by atoms with Crippen LogP contribution in [0.15, 0.2) is 83.3 Å². The molecule has 1 unspecified atom stereocenters. The van der Waals surface area contributed by atoms with E-state index in [1.165, 1.54) is 0 Å². The van der Waals surface area contributed by atoms with Crippen molar-refractivity contribution in [3.63, 3.8) is 0 Å². The first-order valence-corrected chi connectivity index (χ1v) is 14.4. The molecule has 0 radical (unpaired) electrons. The molecule has 1 aliphatic heterocycles. The van der Waals surface area contributed by atoms with E-state index in [0.29, 0.717) is 22.7 Å². The Balaban J connectivity index is 0.00000423. The van der Waals surface area contributed by atoms with Gasteiger partial charge in [-0.05, 0) is 74.1 Å². The lowest BCUT2D eigenvalue weighted by Gasteiger charge is -2.36. The molecule has 4 aromatic rings. The van der Waals surface area contributed by atoms with Crippen LogP contribution in [0.3, 0.4) is 0 Å². The number of nitrogens with zero attached hydrogens (tertiary/aromatic N) is 2. The summed E-state index contributed by atoms with van der Waals surface area (Å²) in [7, 11) is 3.19. The smallest absolute Gasteiger partial charge is 0.258 e. The Hall–Kier alpha value is -3.92. The average Bonchev–Trinajstić information content (AvgIpc) is 3.11. The molecular weight excluding hydrogens is 632 g/mol. The first-order chi connectivity index (χ1) is 20.1. The van der Waals surface area contributed by atoms with E-state index in [1.54, 1.807) is 43.0 Å². The molecule has 10 heteroatoms. The number of nitrogens with one attached hydrogen (secondary N) is 1. The van der Waals surface area contributed by atoms with Crippen LogP contribution in [0.25, 0.3) is 10.8 Å². The Morgan fingerprint density at radius 1 is 1.05 bits per heavy atom. The first-order valence-electron chi connectivity index (χ1n) is 13.6. The van der Waals surface area contributed by atoms with Gasteiger partial charge in [0.2, 0.25) is 11.8 Å². The minimum atomic E-state index is -1.45. The zero-order chi connectivity index (χ0) is 30.2. The fraction of sp³-hybridized carbons (Fsp3) is 0.242. The molecule has 0 aliphatic carbocycles. The molecule has 224 valence electrons. The molecule has 8 nitrogen and oxygen atoms in total. The number of primary amides is 1. The van der Waals surface area contributed by atoms with Gasteiger partial charge in [0.05, 0.1) is 30.9 Å². The molecule has 0 spiro atoms. The predicted molar refractivity (Wildman–Crippen MR) is 176 cm³/mol. The van der Waals surface area contributed by atoms with E-state index in [4.69, 9.17) is 10.5 Å². The van der Waals surface area contributed by atoms with Gasteiger partial charge in [0.15, 0.2) is 0 Å². The molecule has 2 atom stereocenters. The van der Waals surface area contributed by atoms with E-state index >= 15 is 0 Å². The summed E-state index contributed by atoms with van der Waals surface area (Å²) in [4.78, 5) is 44.8. The van der Waals surface area contributed by atoms with Crippen molar-refractivity contribution >= 4 is 68.2 Å². The number of methoxy groups -OCH3 is 1. The molecule has 3 amide bonds. The highest BCUT2D eigenvalue weighted by atomic mass is 79.9. The van der Waals surface area contributed by atoms with Gasteiger partial charge in [-0.25, -0.2) is 0 Å². The number of ether oxygens (including phenoxy) is 1. The van der Waals surface area contributed by atoms with Crippen LogP contribution in [0.5, 0.6) is 5.75 Å². The SMILES string of the molecule is CNC(C)(C(N)=O)[C@@H]1CN(C(=O)c2ccc(C)cc2)c2ccccc2N(Cc2c(OC)ccc3cc(Br)ccc23)C1=O.Cl. The number of halogens is 2. The number of fused-ring (bicyclic) bond motifs is 2. The number of carbonyl (C=O) groups excluding carboxylic acids is 3. The van der Waals surface area contributed by atoms with Crippen LogP contribution in [0.1, 0.15) is 28.4 Å². The minimum Gasteiger partial charge on any atom is -0.496 e. The Morgan fingerprint density at radius 2 is 1.72 bits per heavy atom. The lowest BCUT2D eigenvalue weighted by atomic mass is 9.83. The molecule has 43 heavy (non-hydrogen) atoms. The predicted octanol–water partition coefficient (Wildman–Crippen LogP) is 5.61. The number of carbonyl (C=O) groups is 3. The maximum atomic E-state index is 14.7. The summed E-state index contributed by atoms with van der Waals surface area (Å²) in [5, 5.41) is 4.88. The van der Waals surface area contributed by atoms with Crippen molar-refractivity contribution < 1.29 is 19.1 Å². The Labute approximate surface area is 265 Å². The van der Waals surface area contributed by atoms with Crippen molar-refractivity contribution in [2.75, 3.05) is 30.5 Å². The molecule has 1 aliphatic rings. The fourth-order valence-electron chi connectivity index (χ4n) is 5.55. The number of hydrogen-bond donors (Lipinski definition) is 2. The van der Waals surface area contributed by atoms with E-state index in [-0.39, 0.29) is 37.3 Å². The van der Waals surface area contributed by atoms with Gasteiger partial charge in [0.25, 0.3) is 5.91 Å². The first kappa shape index (κ1) is 32.0. The van der Waals surface area contributed by atoms with Crippen molar-refractivity contribution in [2.45, 2.75) is 25.9 Å². The molecule has 3 N–H and O–H groups in total. The van der Waals surface area contributed by atoms with Crippen LogP contribution in [0.2, 0.25) is 0 Å². The number of nitrogens with two attached hydrogens (primary N) is 1. The number of likely N-dealkylation sites (N-methyl/N-ethyl adjacent to an activating group) is 1. The second-order valence-electron chi connectivity index (χ2n) is 10.7. The summed E-state index contributed by atoms with van der Waals surface area (Å²) >= 11 is 3.54. The Kier molecular flexibility index (Phi) is 9.49. The highest BCUT2D eigenvalue weighted by molar-refractivity contribution is 9.10. The number of amides is 3. The molecule has 0 bridgehead atoms. The fourth-order valence-corrected chi connectivity index (χ4v) is 5.93. The molecule has 0 aromatic heterocycles. The minimum absolute atomic E-state index is 0. The summed E-state index contributed by atoms with van der Waals surface area (Å²) in [5.41, 5.74) is 7.87. The number of aryl methyl sites for hydroxylation is 1. The average molecular weight is 666 g/mol. The lowest BCUT2D eigenvalue weighted by Crippen LogP contribution is -2.63. The van der Waals surface area contributed by atoms with Gasteiger partial charge in [-0.1, -0.05) is 57.9 Å². The van der Waals surface area contributed by atoms with Crippen LogP contribution in [0.4, 0.5) is 11.4 Å². The number of anilines is 2. The topological polar surface area (TPSA) is 105 Å². The third kappa shape index (κ3) is 5.85. The normalized spacial score (nSPS) is 16.1.